The predicted molar refractivity (Wildman–Crippen MR) is 50.5 cm³/mol. The Hall–Kier alpha value is 0.240. The lowest BCUT2D eigenvalue weighted by Crippen LogP contribution is -2.48. The Kier molecular flexibility index (Phi) is 9.21. The number of nitrogens with two attached hydrogens (primary N) is 1. The van der Waals surface area contributed by atoms with Crippen molar-refractivity contribution in [1.82, 2.24) is 0 Å². The Bertz CT molecular complexity index is 114. The SMILES string of the molecule is Br.NCC(O)C(O)C(O)C(O)CO. The molecule has 0 saturated heterocycles. The second-order valence-electron chi connectivity index (χ2n) is 2.53. The number of aliphatic hydroxyl groups is 5. The third-order valence-electron chi connectivity index (χ3n) is 1.57. The van der Waals surface area contributed by atoms with Crippen molar-refractivity contribution < 1.29 is 25.5 Å². The van der Waals surface area contributed by atoms with Crippen LogP contribution in [-0.2, 0) is 0 Å². The first-order valence-corrected chi connectivity index (χ1v) is 3.57. The van der Waals surface area contributed by atoms with E-state index in [0.29, 0.717) is 0 Å². The summed E-state index contributed by atoms with van der Waals surface area (Å²) in [5, 5.41) is 44.2. The molecule has 4 atom stereocenters. The van der Waals surface area contributed by atoms with Crippen molar-refractivity contribution in [2.75, 3.05) is 13.2 Å². The van der Waals surface area contributed by atoms with Gasteiger partial charge in [0.1, 0.15) is 18.3 Å². The van der Waals surface area contributed by atoms with Crippen molar-refractivity contribution in [2.24, 2.45) is 5.73 Å². The summed E-state index contributed by atoms with van der Waals surface area (Å²) in [5.74, 6) is 0. The summed E-state index contributed by atoms with van der Waals surface area (Å²) in [6.45, 7) is -0.911. The molecule has 7 N–H and O–H groups in total. The molecule has 0 bridgehead atoms. The summed E-state index contributed by atoms with van der Waals surface area (Å²) in [5.41, 5.74) is 4.99. The highest BCUT2D eigenvalue weighted by molar-refractivity contribution is 8.93. The van der Waals surface area contributed by atoms with Gasteiger partial charge < -0.3 is 31.3 Å². The lowest BCUT2D eigenvalue weighted by atomic mass is 10.0. The molecule has 0 heterocycles. The third-order valence-corrected chi connectivity index (χ3v) is 1.57. The zero-order valence-corrected chi connectivity index (χ0v) is 8.66. The Labute approximate surface area is 86.4 Å². The van der Waals surface area contributed by atoms with Gasteiger partial charge in [0.25, 0.3) is 0 Å². The Morgan fingerprint density at radius 3 is 1.62 bits per heavy atom. The van der Waals surface area contributed by atoms with Gasteiger partial charge in [0.2, 0.25) is 0 Å². The largest absolute Gasteiger partial charge is 0.394 e. The number of halogens is 1. The fourth-order valence-electron chi connectivity index (χ4n) is 0.703. The molecule has 6 nitrogen and oxygen atoms in total. The van der Waals surface area contributed by atoms with E-state index in [1.54, 1.807) is 0 Å². The summed E-state index contributed by atoms with van der Waals surface area (Å²) in [6.07, 6.45) is -5.91. The van der Waals surface area contributed by atoms with Crippen molar-refractivity contribution >= 4 is 17.0 Å². The van der Waals surface area contributed by atoms with Gasteiger partial charge in [0.15, 0.2) is 0 Å². The highest BCUT2D eigenvalue weighted by atomic mass is 79.9. The van der Waals surface area contributed by atoms with E-state index in [9.17, 15) is 0 Å². The molecule has 82 valence electrons. The van der Waals surface area contributed by atoms with Crippen LogP contribution in [0.5, 0.6) is 0 Å². The van der Waals surface area contributed by atoms with Gasteiger partial charge in [-0.15, -0.1) is 17.0 Å². The van der Waals surface area contributed by atoms with Gasteiger partial charge >= 0.3 is 0 Å². The van der Waals surface area contributed by atoms with E-state index < -0.39 is 31.0 Å². The highest BCUT2D eigenvalue weighted by Gasteiger charge is 2.28. The molecule has 0 aromatic carbocycles. The van der Waals surface area contributed by atoms with E-state index in [2.05, 4.69) is 0 Å². The fourth-order valence-corrected chi connectivity index (χ4v) is 0.703. The lowest BCUT2D eigenvalue weighted by Gasteiger charge is -2.24. The minimum absolute atomic E-state index is 0. The zero-order valence-electron chi connectivity index (χ0n) is 6.95. The van der Waals surface area contributed by atoms with Crippen molar-refractivity contribution in [3.05, 3.63) is 0 Å². The molecule has 0 amide bonds. The highest BCUT2D eigenvalue weighted by Crippen LogP contribution is 2.03. The standard InChI is InChI=1S/C6H15NO5.BrH/c7-1-3(9)5(11)6(12)4(10)2-8;/h3-6,8-12H,1-2,7H2;1H. The molecular formula is C6H16BrNO5. The molecule has 7 heteroatoms. The first kappa shape index (κ1) is 15.7. The molecule has 0 aliphatic heterocycles. The summed E-state index contributed by atoms with van der Waals surface area (Å²) >= 11 is 0. The van der Waals surface area contributed by atoms with Crippen molar-refractivity contribution in [1.29, 1.82) is 0 Å². The van der Waals surface area contributed by atoms with Crippen LogP contribution in [0, 0.1) is 0 Å². The van der Waals surface area contributed by atoms with Crippen LogP contribution in [0.4, 0.5) is 0 Å². The molecule has 0 aliphatic rings. The van der Waals surface area contributed by atoms with Gasteiger partial charge in [0, 0.05) is 6.54 Å². The van der Waals surface area contributed by atoms with E-state index in [4.69, 9.17) is 31.3 Å². The van der Waals surface area contributed by atoms with Crippen LogP contribution in [0.15, 0.2) is 0 Å². The van der Waals surface area contributed by atoms with Crippen LogP contribution in [0.25, 0.3) is 0 Å². The van der Waals surface area contributed by atoms with Crippen LogP contribution in [0.2, 0.25) is 0 Å². The van der Waals surface area contributed by atoms with Crippen LogP contribution in [0.1, 0.15) is 0 Å². The van der Waals surface area contributed by atoms with Crippen LogP contribution in [-0.4, -0.2) is 63.1 Å². The lowest BCUT2D eigenvalue weighted by molar-refractivity contribution is -0.112. The normalized spacial score (nSPS) is 19.8. The molecule has 0 spiro atoms. The first-order valence-electron chi connectivity index (χ1n) is 3.57. The second kappa shape index (κ2) is 7.63. The fraction of sp³-hybridized carbons (Fsp3) is 1.00. The maximum atomic E-state index is 9.04. The van der Waals surface area contributed by atoms with E-state index in [1.807, 2.05) is 0 Å². The number of aliphatic hydroxyl groups excluding tert-OH is 5. The minimum atomic E-state index is -1.59. The summed E-state index contributed by atoms with van der Waals surface area (Å²) in [4.78, 5) is 0. The molecular weight excluding hydrogens is 246 g/mol. The molecule has 0 fully saturated rings. The predicted octanol–water partition coefficient (Wildman–Crippen LogP) is -3.04. The third kappa shape index (κ3) is 4.87. The minimum Gasteiger partial charge on any atom is -0.394 e. The molecule has 0 rings (SSSR count). The summed E-state index contributed by atoms with van der Waals surface area (Å²) in [7, 11) is 0. The van der Waals surface area contributed by atoms with E-state index in [0.717, 1.165) is 0 Å². The Morgan fingerprint density at radius 1 is 0.923 bits per heavy atom. The van der Waals surface area contributed by atoms with Crippen molar-refractivity contribution in [2.45, 2.75) is 24.4 Å². The van der Waals surface area contributed by atoms with Crippen molar-refractivity contribution in [3.8, 4) is 0 Å². The Balaban J connectivity index is 0. The van der Waals surface area contributed by atoms with Crippen LogP contribution in [0.3, 0.4) is 0 Å². The molecule has 0 aromatic heterocycles. The van der Waals surface area contributed by atoms with E-state index in [1.165, 1.54) is 0 Å². The average molecular weight is 262 g/mol. The van der Waals surface area contributed by atoms with Crippen LogP contribution < -0.4 is 5.73 Å². The maximum Gasteiger partial charge on any atom is 0.111 e. The molecule has 0 aliphatic carbocycles. The smallest absolute Gasteiger partial charge is 0.111 e. The van der Waals surface area contributed by atoms with Gasteiger partial charge in [0.05, 0.1) is 12.7 Å². The van der Waals surface area contributed by atoms with Gasteiger partial charge in [-0.1, -0.05) is 0 Å². The zero-order chi connectivity index (χ0) is 9.72. The van der Waals surface area contributed by atoms with Crippen LogP contribution >= 0.6 is 17.0 Å². The number of hydrogen-bond acceptors (Lipinski definition) is 6. The van der Waals surface area contributed by atoms with Gasteiger partial charge in [-0.2, -0.15) is 0 Å². The molecule has 0 radical (unpaired) electrons. The summed E-state index contributed by atoms with van der Waals surface area (Å²) in [6, 6.07) is 0. The molecule has 13 heavy (non-hydrogen) atoms. The van der Waals surface area contributed by atoms with E-state index >= 15 is 0 Å². The average Bonchev–Trinajstić information content (AvgIpc) is 2.12. The van der Waals surface area contributed by atoms with Gasteiger partial charge in [-0.25, -0.2) is 0 Å². The first-order chi connectivity index (χ1) is 5.54. The second-order valence-corrected chi connectivity index (χ2v) is 2.53. The summed E-state index contributed by atoms with van der Waals surface area (Å²) < 4.78 is 0. The Morgan fingerprint density at radius 2 is 1.31 bits per heavy atom. The van der Waals surface area contributed by atoms with Gasteiger partial charge in [-0.05, 0) is 0 Å². The number of rotatable bonds is 5. The van der Waals surface area contributed by atoms with Crippen molar-refractivity contribution in [3.63, 3.8) is 0 Å². The quantitative estimate of drug-likeness (QED) is 0.312. The maximum absolute atomic E-state index is 9.04. The van der Waals surface area contributed by atoms with E-state index in [-0.39, 0.29) is 23.5 Å². The topological polar surface area (TPSA) is 127 Å². The molecule has 0 saturated carbocycles. The van der Waals surface area contributed by atoms with Gasteiger partial charge in [-0.3, -0.25) is 0 Å². The number of hydrogen-bond donors (Lipinski definition) is 6. The molecule has 4 unspecified atom stereocenters. The monoisotopic (exact) mass is 261 g/mol. The molecule has 0 aromatic rings.